The monoisotopic (exact) mass is 208 g/mol. The van der Waals surface area contributed by atoms with E-state index in [1.165, 1.54) is 11.1 Å². The highest BCUT2D eigenvalue weighted by molar-refractivity contribution is 5.70. The molecule has 0 aromatic rings. The van der Waals surface area contributed by atoms with Gasteiger partial charge < -0.3 is 5.11 Å². The van der Waals surface area contributed by atoms with Crippen molar-refractivity contribution in [2.24, 2.45) is 17.8 Å². The minimum atomic E-state index is -0.699. The molecule has 0 fully saturated rings. The maximum Gasteiger partial charge on any atom is 0.306 e. The molecule has 0 saturated heterocycles. The molecule has 2 heteroatoms. The molecule has 1 unspecified atom stereocenters. The summed E-state index contributed by atoms with van der Waals surface area (Å²) in [4.78, 5) is 11.0. The van der Waals surface area contributed by atoms with Crippen LogP contribution in [-0.4, -0.2) is 11.1 Å². The summed E-state index contributed by atoms with van der Waals surface area (Å²) in [6.07, 6.45) is 4.13. The SMILES string of the molecule is C=C(C)[C@@H]1CC=C(C)[C@@H](C(C)C(=O)O)C1. The quantitative estimate of drug-likeness (QED) is 0.723. The van der Waals surface area contributed by atoms with E-state index >= 15 is 0 Å². The lowest BCUT2D eigenvalue weighted by Gasteiger charge is -2.31. The zero-order valence-electron chi connectivity index (χ0n) is 9.79. The van der Waals surface area contributed by atoms with Crippen molar-refractivity contribution in [3.63, 3.8) is 0 Å². The molecule has 1 aliphatic carbocycles. The van der Waals surface area contributed by atoms with E-state index in [0.29, 0.717) is 5.92 Å². The van der Waals surface area contributed by atoms with Crippen molar-refractivity contribution in [2.75, 3.05) is 0 Å². The zero-order chi connectivity index (χ0) is 11.6. The highest BCUT2D eigenvalue weighted by Gasteiger charge is 2.30. The van der Waals surface area contributed by atoms with E-state index < -0.39 is 5.97 Å². The summed E-state index contributed by atoms with van der Waals surface area (Å²) in [7, 11) is 0. The molecule has 2 nitrogen and oxygen atoms in total. The van der Waals surface area contributed by atoms with Crippen LogP contribution in [0.4, 0.5) is 0 Å². The number of carboxylic acids is 1. The Morgan fingerprint density at radius 1 is 1.67 bits per heavy atom. The second-order valence-corrected chi connectivity index (χ2v) is 4.70. The lowest BCUT2D eigenvalue weighted by molar-refractivity contribution is -0.142. The van der Waals surface area contributed by atoms with Gasteiger partial charge in [-0.25, -0.2) is 0 Å². The van der Waals surface area contributed by atoms with Gasteiger partial charge in [0.25, 0.3) is 0 Å². The molecule has 0 radical (unpaired) electrons. The number of hydrogen-bond acceptors (Lipinski definition) is 1. The van der Waals surface area contributed by atoms with E-state index in [-0.39, 0.29) is 11.8 Å². The third-order valence-electron chi connectivity index (χ3n) is 3.54. The third-order valence-corrected chi connectivity index (χ3v) is 3.54. The molecule has 0 bridgehead atoms. The first-order valence-electron chi connectivity index (χ1n) is 5.48. The van der Waals surface area contributed by atoms with Crippen LogP contribution in [0.15, 0.2) is 23.8 Å². The Morgan fingerprint density at radius 3 is 2.73 bits per heavy atom. The summed E-state index contributed by atoms with van der Waals surface area (Å²) in [5, 5.41) is 9.03. The van der Waals surface area contributed by atoms with Gasteiger partial charge >= 0.3 is 5.97 Å². The molecule has 0 saturated carbocycles. The molecule has 0 aliphatic heterocycles. The van der Waals surface area contributed by atoms with E-state index in [2.05, 4.69) is 12.7 Å². The van der Waals surface area contributed by atoms with Crippen LogP contribution in [0.1, 0.15) is 33.6 Å². The average Bonchev–Trinajstić information content (AvgIpc) is 2.16. The van der Waals surface area contributed by atoms with Crippen molar-refractivity contribution >= 4 is 5.97 Å². The van der Waals surface area contributed by atoms with E-state index in [4.69, 9.17) is 5.11 Å². The standard InChI is InChI=1S/C13H20O2/c1-8(2)11-6-5-9(3)12(7-11)10(4)13(14)15/h5,10-12H,1,6-7H2,2-4H3,(H,14,15)/t10?,11-,12+/m1/s1. The van der Waals surface area contributed by atoms with Crippen molar-refractivity contribution in [2.45, 2.75) is 33.6 Å². The minimum Gasteiger partial charge on any atom is -0.481 e. The van der Waals surface area contributed by atoms with Crippen molar-refractivity contribution in [1.29, 1.82) is 0 Å². The maximum atomic E-state index is 11.0. The Bertz CT molecular complexity index is 302. The fourth-order valence-electron chi connectivity index (χ4n) is 2.24. The van der Waals surface area contributed by atoms with Gasteiger partial charge in [-0.05, 0) is 38.5 Å². The summed E-state index contributed by atoms with van der Waals surface area (Å²) in [6, 6.07) is 0. The first-order chi connectivity index (χ1) is 6.93. The lowest BCUT2D eigenvalue weighted by Crippen LogP contribution is -2.26. The van der Waals surface area contributed by atoms with Gasteiger partial charge in [0.2, 0.25) is 0 Å². The van der Waals surface area contributed by atoms with Crippen LogP contribution in [0, 0.1) is 17.8 Å². The molecule has 0 heterocycles. The van der Waals surface area contributed by atoms with Gasteiger partial charge in [-0.2, -0.15) is 0 Å². The molecule has 0 aromatic carbocycles. The number of aliphatic carboxylic acids is 1. The second kappa shape index (κ2) is 4.65. The van der Waals surface area contributed by atoms with E-state index in [1.54, 1.807) is 6.92 Å². The molecule has 1 aliphatic rings. The largest absolute Gasteiger partial charge is 0.481 e. The van der Waals surface area contributed by atoms with Crippen LogP contribution in [0.25, 0.3) is 0 Å². The number of carboxylic acid groups (broad SMARTS) is 1. The summed E-state index contributed by atoms with van der Waals surface area (Å²) in [6.45, 7) is 9.83. The van der Waals surface area contributed by atoms with Gasteiger partial charge in [0.15, 0.2) is 0 Å². The van der Waals surface area contributed by atoms with Gasteiger partial charge in [-0.15, -0.1) is 0 Å². The Kier molecular flexibility index (Phi) is 3.72. The predicted octanol–water partition coefficient (Wildman–Crippen LogP) is 3.26. The molecule has 1 N–H and O–H groups in total. The van der Waals surface area contributed by atoms with Crippen LogP contribution in [0.2, 0.25) is 0 Å². The van der Waals surface area contributed by atoms with Gasteiger partial charge in [-0.1, -0.05) is 30.7 Å². The smallest absolute Gasteiger partial charge is 0.306 e. The average molecular weight is 208 g/mol. The molecule has 0 spiro atoms. The molecule has 1 rings (SSSR count). The Morgan fingerprint density at radius 2 is 2.27 bits per heavy atom. The number of hydrogen-bond donors (Lipinski definition) is 1. The van der Waals surface area contributed by atoms with E-state index in [0.717, 1.165) is 12.8 Å². The normalized spacial score (nSPS) is 28.1. The first kappa shape index (κ1) is 12.0. The summed E-state index contributed by atoms with van der Waals surface area (Å²) < 4.78 is 0. The van der Waals surface area contributed by atoms with Crippen LogP contribution in [0.3, 0.4) is 0 Å². The Hall–Kier alpha value is -1.05. The number of rotatable bonds is 3. The molecule has 3 atom stereocenters. The van der Waals surface area contributed by atoms with Crippen LogP contribution in [-0.2, 0) is 4.79 Å². The van der Waals surface area contributed by atoms with Crippen molar-refractivity contribution in [1.82, 2.24) is 0 Å². The highest BCUT2D eigenvalue weighted by atomic mass is 16.4. The zero-order valence-corrected chi connectivity index (χ0v) is 9.79. The Balaban J connectivity index is 2.80. The van der Waals surface area contributed by atoms with Crippen molar-refractivity contribution < 1.29 is 9.90 Å². The highest BCUT2D eigenvalue weighted by Crippen LogP contribution is 2.36. The molecule has 84 valence electrons. The topological polar surface area (TPSA) is 37.3 Å². The molecular weight excluding hydrogens is 188 g/mol. The van der Waals surface area contributed by atoms with Crippen molar-refractivity contribution in [3.05, 3.63) is 23.8 Å². The van der Waals surface area contributed by atoms with E-state index in [9.17, 15) is 4.79 Å². The third kappa shape index (κ3) is 2.71. The van der Waals surface area contributed by atoms with Crippen LogP contribution in [0.5, 0.6) is 0 Å². The Labute approximate surface area is 91.7 Å². The summed E-state index contributed by atoms with van der Waals surface area (Å²) >= 11 is 0. The lowest BCUT2D eigenvalue weighted by atomic mass is 9.74. The van der Waals surface area contributed by atoms with Gasteiger partial charge in [-0.3, -0.25) is 4.79 Å². The van der Waals surface area contributed by atoms with Crippen LogP contribution < -0.4 is 0 Å². The maximum absolute atomic E-state index is 11.0. The van der Waals surface area contributed by atoms with Gasteiger partial charge in [0.1, 0.15) is 0 Å². The fourth-order valence-corrected chi connectivity index (χ4v) is 2.24. The predicted molar refractivity (Wildman–Crippen MR) is 61.6 cm³/mol. The van der Waals surface area contributed by atoms with E-state index in [1.807, 2.05) is 13.8 Å². The molecular formula is C13H20O2. The first-order valence-corrected chi connectivity index (χ1v) is 5.48. The molecule has 0 aromatic heterocycles. The summed E-state index contributed by atoms with van der Waals surface area (Å²) in [5.41, 5.74) is 2.39. The van der Waals surface area contributed by atoms with Gasteiger partial charge in [0.05, 0.1) is 5.92 Å². The van der Waals surface area contributed by atoms with Crippen LogP contribution >= 0.6 is 0 Å². The molecule has 0 amide bonds. The number of allylic oxidation sites excluding steroid dienone is 3. The second-order valence-electron chi connectivity index (χ2n) is 4.70. The van der Waals surface area contributed by atoms with Crippen molar-refractivity contribution in [3.8, 4) is 0 Å². The number of carbonyl (C=O) groups is 1. The minimum absolute atomic E-state index is 0.179. The molecule has 15 heavy (non-hydrogen) atoms. The fraction of sp³-hybridized carbons (Fsp3) is 0.615. The van der Waals surface area contributed by atoms with Gasteiger partial charge in [0, 0.05) is 0 Å². The summed E-state index contributed by atoms with van der Waals surface area (Å²) in [5.74, 6) is -0.350.